The first-order valence-electron chi connectivity index (χ1n) is 21.8. The van der Waals surface area contributed by atoms with Crippen molar-refractivity contribution < 1.29 is 0 Å². The summed E-state index contributed by atoms with van der Waals surface area (Å²) >= 11 is 1.88. The summed E-state index contributed by atoms with van der Waals surface area (Å²) in [5.74, 6) is 0.709. The summed E-state index contributed by atoms with van der Waals surface area (Å²) in [5, 5.41) is 3.56. The molecule has 1 spiro atoms. The van der Waals surface area contributed by atoms with Crippen molar-refractivity contribution in [2.24, 2.45) is 0 Å². The van der Waals surface area contributed by atoms with E-state index in [2.05, 4.69) is 188 Å². The highest BCUT2D eigenvalue weighted by Crippen LogP contribution is 2.63. The van der Waals surface area contributed by atoms with Gasteiger partial charge in [-0.25, -0.2) is 15.0 Å². The van der Waals surface area contributed by atoms with E-state index in [0.29, 0.717) is 5.82 Å². The molecule has 2 aliphatic rings. The number of nitrogens with zero attached hydrogens (tertiary/aromatic N) is 3. The Morgan fingerprint density at radius 3 is 1.64 bits per heavy atom. The lowest BCUT2D eigenvalue weighted by Gasteiger charge is -2.39. The maximum Gasteiger partial charge on any atom is 0.160 e. The maximum atomic E-state index is 5.47. The maximum absolute atomic E-state index is 5.47. The summed E-state index contributed by atoms with van der Waals surface area (Å²) in [6, 6.07) is 80.8. The monoisotopic (exact) mass is 831 g/mol. The topological polar surface area (TPSA) is 38.7 Å². The van der Waals surface area contributed by atoms with Crippen LogP contribution in [0.25, 0.3) is 89.1 Å². The van der Waals surface area contributed by atoms with Crippen LogP contribution in [0, 0.1) is 0 Å². The van der Waals surface area contributed by atoms with Crippen molar-refractivity contribution >= 4 is 33.4 Å². The molecule has 4 heteroatoms. The third-order valence-electron chi connectivity index (χ3n) is 13.2. The molecule has 0 radical (unpaired) electrons. The van der Waals surface area contributed by atoms with E-state index < -0.39 is 5.41 Å². The smallest absolute Gasteiger partial charge is 0.160 e. The number of hydrogen-bond acceptors (Lipinski definition) is 4. The van der Waals surface area contributed by atoms with Gasteiger partial charge in [0.05, 0.1) is 28.0 Å². The zero-order valence-electron chi connectivity index (χ0n) is 34.6. The van der Waals surface area contributed by atoms with Gasteiger partial charge in [-0.3, -0.25) is 0 Å². The molecule has 0 bridgehead atoms. The lowest BCUT2D eigenvalue weighted by Crippen LogP contribution is -2.31. The molecule has 298 valence electrons. The van der Waals surface area contributed by atoms with E-state index in [1.165, 1.54) is 53.9 Å². The van der Waals surface area contributed by atoms with Gasteiger partial charge in [0.1, 0.15) is 0 Å². The molecule has 1 aliphatic heterocycles. The van der Waals surface area contributed by atoms with Gasteiger partial charge in [-0.2, -0.15) is 0 Å². The van der Waals surface area contributed by atoms with Crippen molar-refractivity contribution in [3.05, 3.63) is 247 Å². The van der Waals surface area contributed by atoms with Crippen LogP contribution in [-0.2, 0) is 5.41 Å². The summed E-state index contributed by atoms with van der Waals surface area (Å²) in [7, 11) is 0. The molecule has 2 aromatic heterocycles. The van der Waals surface area contributed by atoms with Crippen LogP contribution in [0.1, 0.15) is 22.3 Å². The highest BCUT2D eigenvalue weighted by atomic mass is 32.2. The van der Waals surface area contributed by atoms with Crippen LogP contribution in [0.5, 0.6) is 0 Å². The minimum Gasteiger partial charge on any atom is -0.247 e. The Bertz CT molecular complexity index is 3530. The highest BCUT2D eigenvalue weighted by Gasteiger charge is 2.50. The fraction of sp³-hybridized carbons (Fsp3) is 0.0167. The van der Waals surface area contributed by atoms with Crippen LogP contribution in [0.3, 0.4) is 0 Å². The molecule has 0 atom stereocenters. The van der Waals surface area contributed by atoms with Gasteiger partial charge in [-0.05, 0) is 74.8 Å². The molecule has 0 N–H and O–H groups in total. The van der Waals surface area contributed by atoms with E-state index in [1.54, 1.807) is 0 Å². The Labute approximate surface area is 375 Å². The van der Waals surface area contributed by atoms with Crippen molar-refractivity contribution in [2.45, 2.75) is 15.2 Å². The second kappa shape index (κ2) is 14.6. The van der Waals surface area contributed by atoms with E-state index >= 15 is 0 Å². The highest BCUT2D eigenvalue weighted by molar-refractivity contribution is 7.99. The van der Waals surface area contributed by atoms with Crippen molar-refractivity contribution in [3.8, 4) is 67.4 Å². The standard InChI is InChI=1S/C60H37N3S/c1-3-16-39(17-4-1)52-37-53(63-59(62-52)41-18-5-2-6-19-41)40-32-30-38(31-33-40)42-20-15-21-43(36-42)58-46-34-35-50-57(56(46)45-23-8-12-27-51(45)61-58)44-22-7-9-24-47(44)60(50)48-25-10-13-28-54(48)64-55-29-14-11-26-49(55)60/h1-37H. The molecule has 0 unspecified atom stereocenters. The van der Waals surface area contributed by atoms with Crippen molar-refractivity contribution in [1.82, 2.24) is 15.0 Å². The second-order valence-corrected chi connectivity index (χ2v) is 17.7. The van der Waals surface area contributed by atoms with Crippen LogP contribution < -0.4 is 0 Å². The molecule has 1 aliphatic carbocycles. The van der Waals surface area contributed by atoms with E-state index in [4.69, 9.17) is 15.0 Å². The number of para-hydroxylation sites is 1. The molecule has 3 nitrogen and oxygen atoms in total. The lowest BCUT2D eigenvalue weighted by atomic mass is 9.67. The Morgan fingerprint density at radius 2 is 0.906 bits per heavy atom. The number of benzene rings is 9. The van der Waals surface area contributed by atoms with E-state index in [9.17, 15) is 0 Å². The summed E-state index contributed by atoms with van der Waals surface area (Å²) in [5.41, 5.74) is 17.6. The number of pyridine rings is 1. The van der Waals surface area contributed by atoms with Crippen molar-refractivity contribution in [3.63, 3.8) is 0 Å². The molecule has 0 fully saturated rings. The summed E-state index contributed by atoms with van der Waals surface area (Å²) in [4.78, 5) is 18.2. The lowest BCUT2D eigenvalue weighted by molar-refractivity contribution is 0.723. The third-order valence-corrected chi connectivity index (χ3v) is 14.3. The largest absolute Gasteiger partial charge is 0.247 e. The average molecular weight is 832 g/mol. The Balaban J connectivity index is 0.961. The Morgan fingerprint density at radius 1 is 0.344 bits per heavy atom. The molecule has 64 heavy (non-hydrogen) atoms. The van der Waals surface area contributed by atoms with Gasteiger partial charge in [0, 0.05) is 48.2 Å². The number of fused-ring (bicyclic) bond motifs is 13. The molecule has 0 saturated heterocycles. The second-order valence-electron chi connectivity index (χ2n) is 16.6. The van der Waals surface area contributed by atoms with Gasteiger partial charge >= 0.3 is 0 Å². The first-order valence-corrected chi connectivity index (χ1v) is 22.6. The van der Waals surface area contributed by atoms with E-state index in [-0.39, 0.29) is 0 Å². The fourth-order valence-corrected chi connectivity index (χ4v) is 11.5. The fourth-order valence-electron chi connectivity index (χ4n) is 10.4. The molecule has 11 aromatic rings. The first-order chi connectivity index (χ1) is 31.7. The molecular formula is C60H37N3S. The van der Waals surface area contributed by atoms with Crippen LogP contribution >= 0.6 is 11.8 Å². The van der Waals surface area contributed by atoms with Crippen LogP contribution in [0.4, 0.5) is 0 Å². The molecule has 13 rings (SSSR count). The minimum atomic E-state index is -0.451. The average Bonchev–Trinajstić information content (AvgIpc) is 3.67. The van der Waals surface area contributed by atoms with E-state index in [1.807, 2.05) is 48.2 Å². The van der Waals surface area contributed by atoms with Gasteiger partial charge in [0.2, 0.25) is 0 Å². The molecule has 0 amide bonds. The Kier molecular flexibility index (Phi) is 8.37. The van der Waals surface area contributed by atoms with Crippen molar-refractivity contribution in [2.75, 3.05) is 0 Å². The van der Waals surface area contributed by atoms with Crippen LogP contribution in [0.15, 0.2) is 234 Å². The molecular weight excluding hydrogens is 795 g/mol. The van der Waals surface area contributed by atoms with Gasteiger partial charge in [-0.1, -0.05) is 206 Å². The predicted molar refractivity (Wildman–Crippen MR) is 263 cm³/mol. The minimum absolute atomic E-state index is 0.451. The molecule has 3 heterocycles. The van der Waals surface area contributed by atoms with E-state index in [0.717, 1.165) is 61.4 Å². The van der Waals surface area contributed by atoms with Crippen LogP contribution in [-0.4, -0.2) is 15.0 Å². The number of rotatable bonds is 5. The zero-order valence-corrected chi connectivity index (χ0v) is 35.4. The molecule has 9 aromatic carbocycles. The normalized spacial score (nSPS) is 13.1. The summed E-state index contributed by atoms with van der Waals surface area (Å²) in [6.45, 7) is 0. The van der Waals surface area contributed by atoms with Gasteiger partial charge in [-0.15, -0.1) is 0 Å². The first kappa shape index (κ1) is 36.7. The van der Waals surface area contributed by atoms with Gasteiger partial charge < -0.3 is 0 Å². The van der Waals surface area contributed by atoms with Gasteiger partial charge in [0.25, 0.3) is 0 Å². The summed E-state index contributed by atoms with van der Waals surface area (Å²) in [6.07, 6.45) is 0. The quantitative estimate of drug-likeness (QED) is 0.162. The van der Waals surface area contributed by atoms with Crippen LogP contribution in [0.2, 0.25) is 0 Å². The van der Waals surface area contributed by atoms with Gasteiger partial charge in [0.15, 0.2) is 5.82 Å². The predicted octanol–water partition coefficient (Wildman–Crippen LogP) is 15.3. The SMILES string of the molecule is c1ccc(-c2cc(-c3ccc(-c4cccc(-c5nc6ccccc6c6c7c(ccc56)C5(c6ccccc6Sc6ccccc65)c5ccccc5-7)c4)cc3)nc(-c3ccccc3)n2)cc1. The molecule has 0 saturated carbocycles. The zero-order chi connectivity index (χ0) is 42.2. The third kappa shape index (κ3) is 5.59. The number of hydrogen-bond donors (Lipinski definition) is 0. The Hall–Kier alpha value is -7.92. The number of aromatic nitrogens is 3. The summed E-state index contributed by atoms with van der Waals surface area (Å²) < 4.78 is 0. The van der Waals surface area contributed by atoms with Crippen molar-refractivity contribution in [1.29, 1.82) is 0 Å².